The van der Waals surface area contributed by atoms with Crippen molar-refractivity contribution in [3.63, 3.8) is 0 Å². The highest BCUT2D eigenvalue weighted by Crippen LogP contribution is 2.52. The summed E-state index contributed by atoms with van der Waals surface area (Å²) in [4.78, 5) is 4.25. The van der Waals surface area contributed by atoms with Crippen molar-refractivity contribution in [1.29, 1.82) is 0 Å². The number of hydrogen-bond donors (Lipinski definition) is 2. The van der Waals surface area contributed by atoms with Gasteiger partial charge in [0.05, 0.1) is 5.52 Å². The summed E-state index contributed by atoms with van der Waals surface area (Å²) >= 11 is 0. The first-order valence-electron chi connectivity index (χ1n) is 5.66. The second-order valence-electron chi connectivity index (χ2n) is 4.60. The van der Waals surface area contributed by atoms with Crippen LogP contribution in [0.5, 0.6) is 0 Å². The van der Waals surface area contributed by atoms with Gasteiger partial charge in [0, 0.05) is 11.6 Å². The summed E-state index contributed by atoms with van der Waals surface area (Å²) in [6.45, 7) is 0. The van der Waals surface area contributed by atoms with Gasteiger partial charge in [0.25, 0.3) is 0 Å². The fourth-order valence-corrected chi connectivity index (χ4v) is 2.75. The molecule has 4 nitrogen and oxygen atoms in total. The molecule has 17 heavy (non-hydrogen) atoms. The van der Waals surface area contributed by atoms with Gasteiger partial charge in [-0.15, -0.1) is 0 Å². The number of epoxide rings is 1. The number of pyridine rings is 1. The van der Waals surface area contributed by atoms with Gasteiger partial charge < -0.3 is 14.9 Å². The van der Waals surface area contributed by atoms with Crippen molar-refractivity contribution in [3.05, 3.63) is 41.6 Å². The molecule has 0 bridgehead atoms. The fraction of sp³-hybridized carbons (Fsp3) is 0.308. The molecule has 4 unspecified atom stereocenters. The molecule has 1 fully saturated rings. The van der Waals surface area contributed by atoms with Crippen LogP contribution in [0.25, 0.3) is 10.9 Å². The zero-order valence-corrected chi connectivity index (χ0v) is 8.95. The minimum absolute atomic E-state index is 0.0620. The number of nitrogens with zero attached hydrogens (tertiary/aromatic N) is 1. The minimum Gasteiger partial charge on any atom is -0.387 e. The highest BCUT2D eigenvalue weighted by molar-refractivity contribution is 5.84. The Bertz CT molecular complexity index is 613. The van der Waals surface area contributed by atoms with Crippen LogP contribution >= 0.6 is 0 Å². The Morgan fingerprint density at radius 2 is 2.06 bits per heavy atom. The number of aliphatic hydroxyl groups excluding tert-OH is 2. The lowest BCUT2D eigenvalue weighted by molar-refractivity contribution is 0.000822. The smallest absolute Gasteiger partial charge is 0.118 e. The van der Waals surface area contributed by atoms with Crippen molar-refractivity contribution in [3.8, 4) is 0 Å². The second kappa shape index (κ2) is 3.04. The molecule has 1 aliphatic carbocycles. The zero-order chi connectivity index (χ0) is 11.6. The van der Waals surface area contributed by atoms with E-state index in [2.05, 4.69) is 4.98 Å². The lowest BCUT2D eigenvalue weighted by atomic mass is 9.85. The maximum absolute atomic E-state index is 10.2. The van der Waals surface area contributed by atoms with E-state index in [4.69, 9.17) is 4.74 Å². The Kier molecular flexibility index (Phi) is 1.71. The minimum atomic E-state index is -0.887. The first-order chi connectivity index (χ1) is 8.27. The summed E-state index contributed by atoms with van der Waals surface area (Å²) in [6, 6.07) is 7.61. The first kappa shape index (κ1) is 9.53. The average Bonchev–Trinajstić information content (AvgIpc) is 3.15. The molecule has 0 saturated carbocycles. The first-order valence-corrected chi connectivity index (χ1v) is 5.66. The molecule has 0 amide bonds. The molecule has 4 heteroatoms. The van der Waals surface area contributed by atoms with Crippen LogP contribution in [0.1, 0.15) is 23.3 Å². The fourth-order valence-electron chi connectivity index (χ4n) is 2.75. The number of aromatic nitrogens is 1. The van der Waals surface area contributed by atoms with Crippen molar-refractivity contribution in [2.24, 2.45) is 0 Å². The lowest BCUT2D eigenvalue weighted by Crippen LogP contribution is -2.29. The Labute approximate surface area is 97.5 Å². The summed E-state index contributed by atoms with van der Waals surface area (Å²) < 4.78 is 5.41. The van der Waals surface area contributed by atoms with Crippen LogP contribution in [0, 0.1) is 0 Å². The largest absolute Gasteiger partial charge is 0.387 e. The van der Waals surface area contributed by atoms with E-state index >= 15 is 0 Å². The maximum atomic E-state index is 10.2. The quantitative estimate of drug-likeness (QED) is 0.663. The summed E-state index contributed by atoms with van der Waals surface area (Å²) in [6.07, 6.45) is -0.309. The Hall–Kier alpha value is -1.49. The topological polar surface area (TPSA) is 65.9 Å². The molecule has 86 valence electrons. The molecule has 1 aromatic carbocycles. The van der Waals surface area contributed by atoms with Crippen molar-refractivity contribution in [2.45, 2.75) is 24.4 Å². The lowest BCUT2D eigenvalue weighted by Gasteiger charge is -2.24. The van der Waals surface area contributed by atoms with Gasteiger partial charge in [-0.25, -0.2) is 0 Å². The van der Waals surface area contributed by atoms with Crippen molar-refractivity contribution in [2.75, 3.05) is 0 Å². The van der Waals surface area contributed by atoms with E-state index < -0.39 is 12.2 Å². The van der Waals surface area contributed by atoms with Crippen LogP contribution in [-0.2, 0) is 4.74 Å². The van der Waals surface area contributed by atoms with Crippen LogP contribution in [0.3, 0.4) is 0 Å². The molecule has 0 spiro atoms. The Morgan fingerprint density at radius 1 is 1.18 bits per heavy atom. The normalized spacial score (nSPS) is 34.2. The standard InChI is InChI=1S/C13H11NO3/c15-10-9-6-2-1-5-14-8(6)4-3-7(9)12-13(17-12)11(10)16/h1-5,10-13,15-16H. The molecule has 1 aromatic heterocycles. The van der Waals surface area contributed by atoms with E-state index in [1.165, 1.54) is 0 Å². The van der Waals surface area contributed by atoms with E-state index in [9.17, 15) is 10.2 Å². The predicted molar refractivity (Wildman–Crippen MR) is 60.3 cm³/mol. The van der Waals surface area contributed by atoms with E-state index in [1.54, 1.807) is 6.20 Å². The van der Waals surface area contributed by atoms with E-state index in [0.29, 0.717) is 0 Å². The number of aliphatic hydroxyl groups is 2. The monoisotopic (exact) mass is 229 g/mol. The van der Waals surface area contributed by atoms with Gasteiger partial charge in [0.15, 0.2) is 0 Å². The van der Waals surface area contributed by atoms with Crippen LogP contribution in [-0.4, -0.2) is 27.4 Å². The highest BCUT2D eigenvalue weighted by atomic mass is 16.6. The molecule has 0 radical (unpaired) electrons. The summed E-state index contributed by atoms with van der Waals surface area (Å²) in [5.74, 6) is 0. The Balaban J connectivity index is 2.06. The number of rotatable bonds is 0. The van der Waals surface area contributed by atoms with Gasteiger partial charge in [-0.05, 0) is 23.3 Å². The molecule has 2 aromatic rings. The zero-order valence-electron chi connectivity index (χ0n) is 8.95. The summed E-state index contributed by atoms with van der Waals surface area (Å²) in [7, 11) is 0. The third-order valence-electron chi connectivity index (χ3n) is 3.65. The molecule has 1 aliphatic heterocycles. The molecular weight excluding hydrogens is 218 g/mol. The summed E-state index contributed by atoms with van der Waals surface area (Å²) in [5.41, 5.74) is 2.58. The van der Waals surface area contributed by atoms with E-state index in [0.717, 1.165) is 22.0 Å². The SMILES string of the molecule is OC1c2c(ccc3ncccc23)C2OC2C1O. The van der Waals surface area contributed by atoms with E-state index in [1.807, 2.05) is 24.3 Å². The molecule has 2 aliphatic rings. The van der Waals surface area contributed by atoms with Gasteiger partial charge in [-0.2, -0.15) is 0 Å². The third kappa shape index (κ3) is 1.15. The van der Waals surface area contributed by atoms with Crippen molar-refractivity contribution >= 4 is 10.9 Å². The number of fused-ring (bicyclic) bond motifs is 5. The molecule has 2 N–H and O–H groups in total. The van der Waals surface area contributed by atoms with Crippen LogP contribution in [0.4, 0.5) is 0 Å². The van der Waals surface area contributed by atoms with Gasteiger partial charge in [-0.3, -0.25) is 4.98 Å². The predicted octanol–water partition coefficient (Wildman–Crippen LogP) is 1.08. The third-order valence-corrected chi connectivity index (χ3v) is 3.65. The average molecular weight is 229 g/mol. The molecular formula is C13H11NO3. The molecule has 2 heterocycles. The molecule has 4 atom stereocenters. The summed E-state index contributed by atoms with van der Waals surface area (Å²) in [5, 5.41) is 21.0. The van der Waals surface area contributed by atoms with E-state index in [-0.39, 0.29) is 12.2 Å². The number of benzene rings is 1. The Morgan fingerprint density at radius 3 is 2.94 bits per heavy atom. The van der Waals surface area contributed by atoms with Crippen LogP contribution in [0.2, 0.25) is 0 Å². The highest BCUT2D eigenvalue weighted by Gasteiger charge is 2.54. The van der Waals surface area contributed by atoms with Gasteiger partial charge >= 0.3 is 0 Å². The van der Waals surface area contributed by atoms with Gasteiger partial charge in [0.1, 0.15) is 24.4 Å². The second-order valence-corrected chi connectivity index (χ2v) is 4.60. The number of hydrogen-bond acceptors (Lipinski definition) is 4. The van der Waals surface area contributed by atoms with Crippen molar-refractivity contribution in [1.82, 2.24) is 4.98 Å². The van der Waals surface area contributed by atoms with Gasteiger partial charge in [-0.1, -0.05) is 12.1 Å². The molecule has 4 rings (SSSR count). The maximum Gasteiger partial charge on any atom is 0.118 e. The van der Waals surface area contributed by atoms with Crippen LogP contribution in [0.15, 0.2) is 30.5 Å². The van der Waals surface area contributed by atoms with Crippen LogP contribution < -0.4 is 0 Å². The number of ether oxygens (including phenoxy) is 1. The van der Waals surface area contributed by atoms with Crippen molar-refractivity contribution < 1.29 is 14.9 Å². The molecule has 1 saturated heterocycles. The van der Waals surface area contributed by atoms with Gasteiger partial charge in [0.2, 0.25) is 0 Å².